The Balaban J connectivity index is 2.21. The molecule has 1 N–H and O–H groups in total. The number of esters is 1. The standard InChI is InChI=1S/C20H25N3O4/c1-5-8-14-17(20(24)27-6-2)16(13-11-21-23-19(13)22-14)12-9-7-10-15(25-3)18(12)26-4/h7,9-11,16-17H,5-6,8H2,1-4H3,(H,21,23). The lowest BCUT2D eigenvalue weighted by molar-refractivity contribution is -0.146. The van der Waals surface area contributed by atoms with Crippen LogP contribution >= 0.6 is 0 Å². The van der Waals surface area contributed by atoms with Crippen molar-refractivity contribution in [2.45, 2.75) is 32.6 Å². The van der Waals surface area contributed by atoms with Crippen LogP contribution in [0.5, 0.6) is 11.5 Å². The summed E-state index contributed by atoms with van der Waals surface area (Å²) >= 11 is 0. The van der Waals surface area contributed by atoms with Crippen molar-refractivity contribution in [1.82, 2.24) is 10.2 Å². The van der Waals surface area contributed by atoms with Crippen molar-refractivity contribution >= 4 is 17.5 Å². The van der Waals surface area contributed by atoms with Crippen molar-refractivity contribution in [3.8, 4) is 11.5 Å². The third-order valence-electron chi connectivity index (χ3n) is 4.75. The fourth-order valence-corrected chi connectivity index (χ4v) is 3.67. The minimum Gasteiger partial charge on any atom is -0.493 e. The van der Waals surface area contributed by atoms with Crippen LogP contribution in [0.4, 0.5) is 5.82 Å². The van der Waals surface area contributed by atoms with Crippen LogP contribution in [0, 0.1) is 5.92 Å². The molecule has 0 saturated carbocycles. The molecule has 3 rings (SSSR count). The van der Waals surface area contributed by atoms with E-state index in [9.17, 15) is 4.79 Å². The maximum absolute atomic E-state index is 12.9. The molecule has 2 heterocycles. The zero-order chi connectivity index (χ0) is 19.4. The lowest BCUT2D eigenvalue weighted by Crippen LogP contribution is -2.34. The first kappa shape index (κ1) is 18.9. The summed E-state index contributed by atoms with van der Waals surface area (Å²) in [5.74, 6) is 0.754. The second kappa shape index (κ2) is 8.24. The van der Waals surface area contributed by atoms with Gasteiger partial charge in [-0.15, -0.1) is 0 Å². The quantitative estimate of drug-likeness (QED) is 0.751. The number of methoxy groups -OCH3 is 2. The number of H-pyrrole nitrogens is 1. The average Bonchev–Trinajstić information content (AvgIpc) is 3.14. The van der Waals surface area contributed by atoms with Gasteiger partial charge in [0.2, 0.25) is 0 Å². The summed E-state index contributed by atoms with van der Waals surface area (Å²) in [4.78, 5) is 17.6. The Morgan fingerprint density at radius 3 is 2.67 bits per heavy atom. The van der Waals surface area contributed by atoms with Crippen molar-refractivity contribution < 1.29 is 19.0 Å². The number of hydrogen-bond donors (Lipinski definition) is 1. The zero-order valence-corrected chi connectivity index (χ0v) is 16.1. The maximum Gasteiger partial charge on any atom is 0.315 e. The zero-order valence-electron chi connectivity index (χ0n) is 16.1. The summed E-state index contributed by atoms with van der Waals surface area (Å²) in [6, 6.07) is 5.68. The van der Waals surface area contributed by atoms with Gasteiger partial charge in [-0.05, 0) is 19.4 Å². The van der Waals surface area contributed by atoms with Crippen LogP contribution in [0.25, 0.3) is 0 Å². The smallest absolute Gasteiger partial charge is 0.315 e. The van der Waals surface area contributed by atoms with Gasteiger partial charge < -0.3 is 14.2 Å². The Morgan fingerprint density at radius 2 is 2.00 bits per heavy atom. The number of nitrogens with zero attached hydrogens (tertiary/aromatic N) is 2. The number of benzene rings is 1. The van der Waals surface area contributed by atoms with E-state index in [4.69, 9.17) is 14.2 Å². The van der Waals surface area contributed by atoms with E-state index in [2.05, 4.69) is 22.1 Å². The summed E-state index contributed by atoms with van der Waals surface area (Å²) < 4.78 is 16.5. The molecule has 7 heteroatoms. The predicted molar refractivity (Wildman–Crippen MR) is 102 cm³/mol. The highest BCUT2D eigenvalue weighted by Crippen LogP contribution is 2.47. The van der Waals surface area contributed by atoms with Gasteiger partial charge in [-0.2, -0.15) is 5.10 Å². The fourth-order valence-electron chi connectivity index (χ4n) is 3.67. The molecule has 0 radical (unpaired) electrons. The van der Waals surface area contributed by atoms with Crippen LogP contribution < -0.4 is 9.47 Å². The van der Waals surface area contributed by atoms with E-state index < -0.39 is 5.92 Å². The Morgan fingerprint density at radius 1 is 1.19 bits per heavy atom. The molecular formula is C20H25N3O4. The average molecular weight is 371 g/mol. The van der Waals surface area contributed by atoms with E-state index in [0.29, 0.717) is 30.3 Å². The number of aliphatic imine (C=N–C) groups is 1. The number of para-hydroxylation sites is 1. The highest BCUT2D eigenvalue weighted by Gasteiger charge is 2.42. The van der Waals surface area contributed by atoms with Crippen LogP contribution in [-0.2, 0) is 9.53 Å². The number of carbonyl (C=O) groups is 1. The molecule has 0 aliphatic carbocycles. The van der Waals surface area contributed by atoms with Gasteiger partial charge in [0.05, 0.1) is 27.0 Å². The highest BCUT2D eigenvalue weighted by atomic mass is 16.5. The van der Waals surface area contributed by atoms with Crippen molar-refractivity contribution in [3.05, 3.63) is 35.5 Å². The molecular weight excluding hydrogens is 346 g/mol. The molecule has 1 aromatic heterocycles. The molecule has 2 atom stereocenters. The summed E-state index contributed by atoms with van der Waals surface area (Å²) in [5, 5.41) is 7.10. The van der Waals surface area contributed by atoms with Crippen LogP contribution in [0.15, 0.2) is 29.4 Å². The van der Waals surface area contributed by atoms with E-state index in [1.165, 1.54) is 0 Å². The van der Waals surface area contributed by atoms with Gasteiger partial charge in [0.25, 0.3) is 0 Å². The maximum atomic E-state index is 12.9. The molecule has 0 fully saturated rings. The number of ether oxygens (including phenoxy) is 3. The second-order valence-corrected chi connectivity index (χ2v) is 6.32. The van der Waals surface area contributed by atoms with Gasteiger partial charge in [0.1, 0.15) is 5.92 Å². The minimum absolute atomic E-state index is 0.286. The molecule has 0 amide bonds. The van der Waals surface area contributed by atoms with Gasteiger partial charge >= 0.3 is 5.97 Å². The number of hydrogen-bond acceptors (Lipinski definition) is 6. The van der Waals surface area contributed by atoms with Gasteiger partial charge in [-0.25, -0.2) is 4.99 Å². The topological polar surface area (TPSA) is 85.8 Å². The lowest BCUT2D eigenvalue weighted by Gasteiger charge is -2.31. The number of aromatic nitrogens is 2. The van der Waals surface area contributed by atoms with E-state index in [-0.39, 0.29) is 11.9 Å². The Labute approximate surface area is 158 Å². The summed E-state index contributed by atoms with van der Waals surface area (Å²) in [7, 11) is 3.19. The third kappa shape index (κ3) is 3.41. The number of nitrogens with one attached hydrogen (secondary N) is 1. The molecule has 7 nitrogen and oxygen atoms in total. The van der Waals surface area contributed by atoms with Crippen molar-refractivity contribution in [2.24, 2.45) is 10.9 Å². The number of carbonyl (C=O) groups excluding carboxylic acids is 1. The first-order valence-corrected chi connectivity index (χ1v) is 9.14. The van der Waals surface area contributed by atoms with E-state index in [1.54, 1.807) is 20.4 Å². The lowest BCUT2D eigenvalue weighted by atomic mass is 9.75. The number of rotatable bonds is 7. The predicted octanol–water partition coefficient (Wildman–Crippen LogP) is 3.62. The highest BCUT2D eigenvalue weighted by molar-refractivity contribution is 6.06. The number of fused-ring (bicyclic) bond motifs is 1. The van der Waals surface area contributed by atoms with Gasteiger partial charge in [0, 0.05) is 22.8 Å². The molecule has 1 aromatic carbocycles. The molecule has 2 unspecified atom stereocenters. The minimum atomic E-state index is -0.531. The van der Waals surface area contributed by atoms with Crippen LogP contribution in [0.3, 0.4) is 0 Å². The van der Waals surface area contributed by atoms with Crippen LogP contribution in [0.1, 0.15) is 43.7 Å². The van der Waals surface area contributed by atoms with Crippen LogP contribution in [0.2, 0.25) is 0 Å². The third-order valence-corrected chi connectivity index (χ3v) is 4.75. The van der Waals surface area contributed by atoms with Gasteiger partial charge in [-0.3, -0.25) is 9.89 Å². The molecule has 1 aliphatic heterocycles. The molecule has 0 saturated heterocycles. The molecule has 144 valence electrons. The van der Waals surface area contributed by atoms with E-state index in [1.807, 2.05) is 25.1 Å². The van der Waals surface area contributed by atoms with Gasteiger partial charge in [0.15, 0.2) is 17.3 Å². The van der Waals surface area contributed by atoms with E-state index in [0.717, 1.165) is 23.3 Å². The summed E-state index contributed by atoms with van der Waals surface area (Å²) in [5.41, 5.74) is 2.49. The molecule has 2 aromatic rings. The van der Waals surface area contributed by atoms with Crippen molar-refractivity contribution in [1.29, 1.82) is 0 Å². The fraction of sp³-hybridized carbons (Fsp3) is 0.450. The van der Waals surface area contributed by atoms with Gasteiger partial charge in [-0.1, -0.05) is 25.5 Å². The molecule has 0 bridgehead atoms. The summed E-state index contributed by atoms with van der Waals surface area (Å²) in [6.07, 6.45) is 3.29. The molecule has 0 spiro atoms. The molecule has 27 heavy (non-hydrogen) atoms. The first-order chi connectivity index (χ1) is 13.2. The van der Waals surface area contributed by atoms with Crippen molar-refractivity contribution in [2.75, 3.05) is 20.8 Å². The number of aromatic amines is 1. The first-order valence-electron chi connectivity index (χ1n) is 9.14. The second-order valence-electron chi connectivity index (χ2n) is 6.32. The molecule has 1 aliphatic rings. The Hall–Kier alpha value is -2.83. The SMILES string of the molecule is CCCC1=Nc2[nH]ncc2C(c2cccc(OC)c2OC)C1C(=O)OCC. The Bertz CT molecular complexity index is 844. The van der Waals surface area contributed by atoms with Crippen molar-refractivity contribution in [3.63, 3.8) is 0 Å². The largest absolute Gasteiger partial charge is 0.493 e. The monoisotopic (exact) mass is 371 g/mol. The normalized spacial score (nSPS) is 18.4. The Kier molecular flexibility index (Phi) is 5.78. The van der Waals surface area contributed by atoms with E-state index >= 15 is 0 Å². The summed E-state index contributed by atoms with van der Waals surface area (Å²) in [6.45, 7) is 4.19. The van der Waals surface area contributed by atoms with Crippen LogP contribution in [-0.4, -0.2) is 42.7 Å².